The van der Waals surface area contributed by atoms with E-state index in [1.807, 2.05) is 0 Å². The molecule has 1 amide bonds. The van der Waals surface area contributed by atoms with Gasteiger partial charge in [-0.15, -0.1) is 0 Å². The number of likely N-dealkylation sites (tertiary alicyclic amines) is 1. The van der Waals surface area contributed by atoms with Crippen LogP contribution in [0.1, 0.15) is 23.4 Å². The van der Waals surface area contributed by atoms with Gasteiger partial charge in [-0.05, 0) is 40.9 Å². The number of carbonyl (C=O) groups excluding carboxylic acids is 1. The van der Waals surface area contributed by atoms with E-state index in [-0.39, 0.29) is 24.8 Å². The number of hydrogen-bond acceptors (Lipinski definition) is 4. The van der Waals surface area contributed by atoms with Crippen molar-refractivity contribution in [1.82, 2.24) is 4.90 Å². The number of methoxy groups -OCH3 is 1. The van der Waals surface area contributed by atoms with E-state index in [0.717, 1.165) is 0 Å². The maximum atomic E-state index is 12.3. The largest absolute Gasteiger partial charge is 0.481 e. The molecule has 1 aromatic rings. The van der Waals surface area contributed by atoms with Crippen molar-refractivity contribution in [3.63, 3.8) is 0 Å². The van der Waals surface area contributed by atoms with Crippen LogP contribution in [0.5, 0.6) is 0 Å². The molecule has 0 spiro atoms. The zero-order valence-corrected chi connectivity index (χ0v) is 12.7. The van der Waals surface area contributed by atoms with Gasteiger partial charge in [-0.1, -0.05) is 0 Å². The van der Waals surface area contributed by atoms with Crippen molar-refractivity contribution in [2.75, 3.05) is 26.8 Å². The first-order valence-electron chi connectivity index (χ1n) is 6.25. The van der Waals surface area contributed by atoms with Crippen molar-refractivity contribution in [2.24, 2.45) is 5.41 Å². The molecule has 0 saturated carbocycles. The highest BCUT2D eigenvalue weighted by atomic mass is 79.9. The number of ether oxygens (including phenoxy) is 1. The van der Waals surface area contributed by atoms with Crippen molar-refractivity contribution in [3.05, 3.63) is 22.6 Å². The van der Waals surface area contributed by atoms with Crippen LogP contribution in [0, 0.1) is 5.41 Å². The van der Waals surface area contributed by atoms with Crippen LogP contribution in [0.15, 0.2) is 21.2 Å². The summed E-state index contributed by atoms with van der Waals surface area (Å²) in [4.78, 5) is 25.3. The number of carboxylic acid groups (broad SMARTS) is 1. The Morgan fingerprint density at radius 3 is 2.85 bits per heavy atom. The molecule has 110 valence electrons. The molecular weight excluding hydrogens is 330 g/mol. The Labute approximate surface area is 124 Å². The Balaban J connectivity index is 2.17. The second-order valence-corrected chi connectivity index (χ2v) is 5.73. The number of hydrogen-bond donors (Lipinski definition) is 1. The minimum absolute atomic E-state index is 0.0912. The fraction of sp³-hybridized carbons (Fsp3) is 0.538. The molecule has 20 heavy (non-hydrogen) atoms. The van der Waals surface area contributed by atoms with Crippen LogP contribution in [0.3, 0.4) is 0 Å². The zero-order chi connectivity index (χ0) is 14.8. The van der Waals surface area contributed by atoms with E-state index in [0.29, 0.717) is 24.1 Å². The van der Waals surface area contributed by atoms with Crippen molar-refractivity contribution < 1.29 is 23.8 Å². The Morgan fingerprint density at radius 1 is 1.55 bits per heavy atom. The first-order chi connectivity index (χ1) is 9.48. The van der Waals surface area contributed by atoms with Gasteiger partial charge in [0.2, 0.25) is 0 Å². The summed E-state index contributed by atoms with van der Waals surface area (Å²) in [6, 6.07) is 3.20. The molecule has 1 unspecified atom stereocenters. The van der Waals surface area contributed by atoms with Gasteiger partial charge in [-0.3, -0.25) is 9.59 Å². The fourth-order valence-electron chi connectivity index (χ4n) is 2.52. The quantitative estimate of drug-likeness (QED) is 0.902. The molecule has 1 aliphatic heterocycles. The lowest BCUT2D eigenvalue weighted by molar-refractivity contribution is -0.155. The van der Waals surface area contributed by atoms with Crippen LogP contribution >= 0.6 is 15.9 Å². The second kappa shape index (κ2) is 5.97. The SMILES string of the molecule is COCC1(C(=O)O)CCCN(C(=O)c2ccc(Br)o2)C1. The van der Waals surface area contributed by atoms with E-state index in [4.69, 9.17) is 9.15 Å². The number of rotatable bonds is 4. The molecule has 1 fully saturated rings. The van der Waals surface area contributed by atoms with Gasteiger partial charge in [-0.2, -0.15) is 0 Å². The molecule has 1 N–H and O–H groups in total. The van der Waals surface area contributed by atoms with E-state index >= 15 is 0 Å². The van der Waals surface area contributed by atoms with Gasteiger partial charge < -0.3 is 19.2 Å². The van der Waals surface area contributed by atoms with Crippen LogP contribution in [-0.2, 0) is 9.53 Å². The van der Waals surface area contributed by atoms with Crippen LogP contribution in [0.2, 0.25) is 0 Å². The van der Waals surface area contributed by atoms with Gasteiger partial charge >= 0.3 is 5.97 Å². The number of piperidine rings is 1. The average molecular weight is 346 g/mol. The number of halogens is 1. The first-order valence-corrected chi connectivity index (χ1v) is 7.05. The van der Waals surface area contributed by atoms with Crippen molar-refractivity contribution >= 4 is 27.8 Å². The Bertz CT molecular complexity index is 511. The third-order valence-electron chi connectivity index (χ3n) is 3.52. The average Bonchev–Trinajstić information content (AvgIpc) is 2.85. The zero-order valence-electron chi connectivity index (χ0n) is 11.1. The van der Waals surface area contributed by atoms with E-state index in [2.05, 4.69) is 15.9 Å². The van der Waals surface area contributed by atoms with Crippen molar-refractivity contribution in [2.45, 2.75) is 12.8 Å². The molecule has 0 aromatic carbocycles. The lowest BCUT2D eigenvalue weighted by Crippen LogP contribution is -2.52. The lowest BCUT2D eigenvalue weighted by Gasteiger charge is -2.39. The van der Waals surface area contributed by atoms with Crippen molar-refractivity contribution in [1.29, 1.82) is 0 Å². The smallest absolute Gasteiger partial charge is 0.313 e. The van der Waals surface area contributed by atoms with Crippen molar-refractivity contribution in [3.8, 4) is 0 Å². The molecule has 1 aliphatic rings. The summed E-state index contributed by atoms with van der Waals surface area (Å²) >= 11 is 3.14. The monoisotopic (exact) mass is 345 g/mol. The summed E-state index contributed by atoms with van der Waals surface area (Å²) < 4.78 is 10.7. The third kappa shape index (κ3) is 2.88. The molecular formula is C13H16BrNO5. The Morgan fingerprint density at radius 2 is 2.30 bits per heavy atom. The van der Waals surface area contributed by atoms with Crippen LogP contribution in [-0.4, -0.2) is 48.7 Å². The minimum Gasteiger partial charge on any atom is -0.481 e. The highest BCUT2D eigenvalue weighted by Gasteiger charge is 2.44. The molecule has 2 rings (SSSR count). The molecule has 1 atom stereocenters. The molecule has 1 saturated heterocycles. The number of furan rings is 1. The van der Waals surface area contributed by atoms with Gasteiger partial charge in [0.25, 0.3) is 5.91 Å². The van der Waals surface area contributed by atoms with Gasteiger partial charge in [0, 0.05) is 20.2 Å². The minimum atomic E-state index is -1.04. The van der Waals surface area contributed by atoms with Crippen LogP contribution < -0.4 is 0 Å². The number of carboxylic acids is 1. The van der Waals surface area contributed by atoms with E-state index < -0.39 is 11.4 Å². The third-order valence-corrected chi connectivity index (χ3v) is 3.95. The number of nitrogens with zero attached hydrogens (tertiary/aromatic N) is 1. The van der Waals surface area contributed by atoms with E-state index in [1.165, 1.54) is 12.0 Å². The van der Waals surface area contributed by atoms with Gasteiger partial charge in [0.1, 0.15) is 5.41 Å². The maximum Gasteiger partial charge on any atom is 0.313 e. The Hall–Kier alpha value is -1.34. The van der Waals surface area contributed by atoms with Gasteiger partial charge in [-0.25, -0.2) is 0 Å². The first kappa shape index (κ1) is 15.1. The topological polar surface area (TPSA) is 80.0 Å². The molecule has 0 bridgehead atoms. The molecule has 6 nitrogen and oxygen atoms in total. The summed E-state index contributed by atoms with van der Waals surface area (Å²) in [5.41, 5.74) is -1.04. The fourth-order valence-corrected chi connectivity index (χ4v) is 2.83. The summed E-state index contributed by atoms with van der Waals surface area (Å²) in [5, 5.41) is 9.45. The van der Waals surface area contributed by atoms with Crippen LogP contribution in [0.25, 0.3) is 0 Å². The summed E-state index contributed by atoms with van der Waals surface area (Å²) in [6.45, 7) is 0.747. The highest BCUT2D eigenvalue weighted by molar-refractivity contribution is 9.10. The molecule has 1 aromatic heterocycles. The number of aliphatic carboxylic acids is 1. The summed E-state index contributed by atoms with van der Waals surface area (Å²) in [7, 11) is 1.47. The molecule has 2 heterocycles. The second-order valence-electron chi connectivity index (χ2n) is 4.95. The maximum absolute atomic E-state index is 12.3. The Kier molecular flexibility index (Phi) is 4.49. The van der Waals surface area contributed by atoms with Crippen LogP contribution in [0.4, 0.5) is 0 Å². The normalized spacial score (nSPS) is 22.8. The highest BCUT2D eigenvalue weighted by Crippen LogP contribution is 2.32. The van der Waals surface area contributed by atoms with E-state index in [1.54, 1.807) is 12.1 Å². The molecule has 0 aliphatic carbocycles. The lowest BCUT2D eigenvalue weighted by atomic mass is 9.80. The van der Waals surface area contributed by atoms with Gasteiger partial charge in [0.15, 0.2) is 10.4 Å². The van der Waals surface area contributed by atoms with E-state index in [9.17, 15) is 14.7 Å². The standard InChI is InChI=1S/C13H16BrNO5/c1-19-8-13(12(17)18)5-2-6-15(7-13)11(16)9-3-4-10(14)20-9/h3-4H,2,5-8H2,1H3,(H,17,18). The van der Waals surface area contributed by atoms with Gasteiger partial charge in [0.05, 0.1) is 6.61 Å². The predicted octanol–water partition coefficient (Wildman–Crippen LogP) is 2.00. The molecule has 0 radical (unpaired) electrons. The number of amides is 1. The predicted molar refractivity (Wildman–Crippen MR) is 73.5 cm³/mol. The summed E-state index contributed by atoms with van der Waals surface area (Å²) in [5.74, 6) is -1.02. The molecule has 7 heteroatoms. The number of carbonyl (C=O) groups is 2. The summed E-state index contributed by atoms with van der Waals surface area (Å²) in [6.07, 6.45) is 1.13.